The first-order valence-corrected chi connectivity index (χ1v) is 10.5. The highest BCUT2D eigenvalue weighted by molar-refractivity contribution is 7.89. The van der Waals surface area contributed by atoms with Gasteiger partial charge >= 0.3 is 5.97 Å². The number of hydrogen-bond donors (Lipinski definition) is 0. The highest BCUT2D eigenvalue weighted by atomic mass is 32.2. The van der Waals surface area contributed by atoms with Gasteiger partial charge in [0.25, 0.3) is 0 Å². The van der Waals surface area contributed by atoms with Crippen LogP contribution in [0, 0.1) is 0 Å². The predicted octanol–water partition coefficient (Wildman–Crippen LogP) is 2.85. The van der Waals surface area contributed by atoms with Crippen LogP contribution >= 0.6 is 11.3 Å². The number of esters is 1. The molecule has 1 aliphatic rings. The number of carbonyl (C=O) groups is 1. The van der Waals surface area contributed by atoms with Gasteiger partial charge in [0.1, 0.15) is 6.61 Å². The highest BCUT2D eigenvalue weighted by Crippen LogP contribution is 2.22. The molecule has 0 amide bonds. The molecule has 2 aromatic rings. The zero-order valence-electron chi connectivity index (χ0n) is 14.0. The van der Waals surface area contributed by atoms with Gasteiger partial charge in [-0.1, -0.05) is 13.0 Å². The zero-order valence-corrected chi connectivity index (χ0v) is 15.6. The molecule has 0 bridgehead atoms. The average molecular weight is 380 g/mol. The molecule has 1 aliphatic heterocycles. The van der Waals surface area contributed by atoms with Crippen LogP contribution in [0.3, 0.4) is 0 Å². The molecule has 2 heterocycles. The Morgan fingerprint density at radius 2 is 2.08 bits per heavy atom. The molecule has 0 unspecified atom stereocenters. The number of hydrogen-bond acceptors (Lipinski definition) is 6. The van der Waals surface area contributed by atoms with Crippen LogP contribution in [0.5, 0.6) is 0 Å². The number of carbonyl (C=O) groups excluding carboxylic acids is 1. The number of sulfonamides is 1. The van der Waals surface area contributed by atoms with Crippen molar-refractivity contribution in [3.8, 4) is 0 Å². The normalized spacial score (nSPS) is 15.4. The molecule has 134 valence electrons. The Balaban J connectivity index is 1.71. The highest BCUT2D eigenvalue weighted by Gasteiger charge is 2.27. The molecule has 1 saturated heterocycles. The van der Waals surface area contributed by atoms with E-state index in [0.29, 0.717) is 18.8 Å². The molecule has 25 heavy (non-hydrogen) atoms. The first kappa shape index (κ1) is 18.0. The van der Waals surface area contributed by atoms with Crippen LogP contribution < -0.4 is 0 Å². The maximum atomic E-state index is 12.6. The van der Waals surface area contributed by atoms with Crippen LogP contribution in [0.1, 0.15) is 40.8 Å². The van der Waals surface area contributed by atoms with Gasteiger partial charge in [-0.2, -0.15) is 4.31 Å². The monoisotopic (exact) mass is 380 g/mol. The van der Waals surface area contributed by atoms with Gasteiger partial charge < -0.3 is 4.74 Å². The van der Waals surface area contributed by atoms with Crippen LogP contribution in [0.15, 0.2) is 34.5 Å². The largest absolute Gasteiger partial charge is 0.456 e. The lowest BCUT2D eigenvalue weighted by molar-refractivity contribution is 0.0468. The van der Waals surface area contributed by atoms with Gasteiger partial charge in [0, 0.05) is 18.5 Å². The smallest absolute Gasteiger partial charge is 0.338 e. The molecule has 1 fully saturated rings. The van der Waals surface area contributed by atoms with Crippen molar-refractivity contribution in [3.63, 3.8) is 0 Å². The fraction of sp³-hybridized carbons (Fsp3) is 0.412. The van der Waals surface area contributed by atoms with Crippen molar-refractivity contribution in [2.75, 3.05) is 13.1 Å². The van der Waals surface area contributed by atoms with Crippen molar-refractivity contribution in [1.82, 2.24) is 9.29 Å². The molecular formula is C17H20N2O4S2. The predicted molar refractivity (Wildman–Crippen MR) is 95.0 cm³/mol. The van der Waals surface area contributed by atoms with E-state index in [0.717, 1.165) is 24.3 Å². The number of thiazole rings is 1. The first-order valence-electron chi connectivity index (χ1n) is 8.21. The lowest BCUT2D eigenvalue weighted by Crippen LogP contribution is -2.28. The summed E-state index contributed by atoms with van der Waals surface area (Å²) in [6, 6.07) is 6.02. The number of ether oxygens (including phenoxy) is 1. The van der Waals surface area contributed by atoms with E-state index in [1.165, 1.54) is 27.8 Å². The van der Waals surface area contributed by atoms with Gasteiger partial charge in [-0.15, -0.1) is 11.3 Å². The van der Waals surface area contributed by atoms with Crippen LogP contribution in [0.2, 0.25) is 0 Å². The van der Waals surface area contributed by atoms with E-state index in [2.05, 4.69) is 4.98 Å². The Morgan fingerprint density at radius 3 is 2.76 bits per heavy atom. The van der Waals surface area contributed by atoms with E-state index in [9.17, 15) is 13.2 Å². The van der Waals surface area contributed by atoms with E-state index in [-0.39, 0.29) is 17.1 Å². The van der Waals surface area contributed by atoms with Crippen LogP contribution in [0.25, 0.3) is 0 Å². The third-order valence-electron chi connectivity index (χ3n) is 4.03. The minimum absolute atomic E-state index is 0.0818. The molecule has 3 rings (SSSR count). The Labute approximate surface area is 151 Å². The second kappa shape index (κ2) is 7.63. The lowest BCUT2D eigenvalue weighted by Gasteiger charge is -2.15. The third-order valence-corrected chi connectivity index (χ3v) is 6.96. The van der Waals surface area contributed by atoms with Crippen LogP contribution in [-0.2, 0) is 27.8 Å². The molecule has 0 spiro atoms. The Morgan fingerprint density at radius 1 is 1.32 bits per heavy atom. The second-order valence-corrected chi connectivity index (χ2v) is 8.68. The van der Waals surface area contributed by atoms with Gasteiger partial charge in [0.15, 0.2) is 0 Å². The molecule has 6 nitrogen and oxygen atoms in total. The van der Waals surface area contributed by atoms with Crippen LogP contribution in [0.4, 0.5) is 0 Å². The summed E-state index contributed by atoms with van der Waals surface area (Å²) in [5.41, 5.74) is 0.933. The van der Waals surface area contributed by atoms with Crippen molar-refractivity contribution in [3.05, 3.63) is 45.9 Å². The topological polar surface area (TPSA) is 76.6 Å². The van der Waals surface area contributed by atoms with Gasteiger partial charge in [0.05, 0.1) is 21.2 Å². The van der Waals surface area contributed by atoms with Crippen LogP contribution in [-0.4, -0.2) is 36.8 Å². The Hall–Kier alpha value is -1.77. The standard InChI is InChI=1S/C17H20N2O4S2/c1-2-16-18-14(12-24-16)11-23-17(20)13-6-5-7-15(10-13)25(21,22)19-8-3-4-9-19/h5-7,10,12H,2-4,8-9,11H2,1H3. The van der Waals surface area contributed by atoms with Crippen molar-refractivity contribution >= 4 is 27.3 Å². The number of benzene rings is 1. The molecule has 8 heteroatoms. The average Bonchev–Trinajstić information content (AvgIpc) is 3.31. The van der Waals surface area contributed by atoms with E-state index in [1.807, 2.05) is 12.3 Å². The molecule has 0 atom stereocenters. The number of aryl methyl sites for hydroxylation is 1. The van der Waals surface area contributed by atoms with E-state index >= 15 is 0 Å². The summed E-state index contributed by atoms with van der Waals surface area (Å²) in [4.78, 5) is 16.7. The Bertz CT molecular complexity index is 855. The van der Waals surface area contributed by atoms with Gasteiger partial charge in [0.2, 0.25) is 10.0 Å². The van der Waals surface area contributed by atoms with Crippen molar-refractivity contribution in [2.45, 2.75) is 37.7 Å². The number of nitrogens with zero attached hydrogens (tertiary/aromatic N) is 2. The molecule has 1 aromatic heterocycles. The van der Waals surface area contributed by atoms with Crippen molar-refractivity contribution in [2.24, 2.45) is 0 Å². The molecule has 0 aliphatic carbocycles. The second-order valence-electron chi connectivity index (χ2n) is 5.80. The third kappa shape index (κ3) is 4.08. The lowest BCUT2D eigenvalue weighted by atomic mass is 10.2. The van der Waals surface area contributed by atoms with Gasteiger partial charge in [-0.05, 0) is 37.5 Å². The summed E-state index contributed by atoms with van der Waals surface area (Å²) in [6.45, 7) is 3.15. The molecular weight excluding hydrogens is 360 g/mol. The first-order chi connectivity index (χ1) is 12.0. The maximum absolute atomic E-state index is 12.6. The maximum Gasteiger partial charge on any atom is 0.338 e. The summed E-state index contributed by atoms with van der Waals surface area (Å²) in [5, 5.41) is 2.85. The fourth-order valence-electron chi connectivity index (χ4n) is 2.66. The zero-order chi connectivity index (χ0) is 17.9. The fourth-order valence-corrected chi connectivity index (χ4v) is 4.95. The van der Waals surface area contributed by atoms with E-state index in [1.54, 1.807) is 12.1 Å². The summed E-state index contributed by atoms with van der Waals surface area (Å²) in [6.07, 6.45) is 2.58. The number of aromatic nitrogens is 1. The SMILES string of the molecule is CCc1nc(COC(=O)c2cccc(S(=O)(=O)N3CCCC3)c2)cs1. The van der Waals surface area contributed by atoms with E-state index < -0.39 is 16.0 Å². The summed E-state index contributed by atoms with van der Waals surface area (Å²) < 4.78 is 31.9. The molecule has 0 saturated carbocycles. The molecule has 0 radical (unpaired) electrons. The number of rotatable bonds is 6. The minimum Gasteiger partial charge on any atom is -0.456 e. The van der Waals surface area contributed by atoms with Crippen molar-refractivity contribution < 1.29 is 17.9 Å². The quantitative estimate of drug-likeness (QED) is 0.720. The molecule has 1 aromatic carbocycles. The van der Waals surface area contributed by atoms with Gasteiger partial charge in [-0.3, -0.25) is 0 Å². The van der Waals surface area contributed by atoms with Crippen molar-refractivity contribution in [1.29, 1.82) is 0 Å². The summed E-state index contributed by atoms with van der Waals surface area (Å²) in [7, 11) is -3.55. The minimum atomic E-state index is -3.55. The summed E-state index contributed by atoms with van der Waals surface area (Å²) in [5.74, 6) is -0.551. The Kier molecular flexibility index (Phi) is 5.51. The van der Waals surface area contributed by atoms with Gasteiger partial charge in [-0.25, -0.2) is 18.2 Å². The summed E-state index contributed by atoms with van der Waals surface area (Å²) >= 11 is 1.53. The van der Waals surface area contributed by atoms with E-state index in [4.69, 9.17) is 4.74 Å². The molecule has 0 N–H and O–H groups in total.